The van der Waals surface area contributed by atoms with Gasteiger partial charge in [0.05, 0.1) is 34.5 Å². The fourth-order valence-electron chi connectivity index (χ4n) is 2.41. The average molecular weight is 343 g/mol. The number of aromatic nitrogens is 3. The van der Waals surface area contributed by atoms with Gasteiger partial charge in [0.15, 0.2) is 9.84 Å². The van der Waals surface area contributed by atoms with Gasteiger partial charge in [-0.25, -0.2) is 13.4 Å². The Morgan fingerprint density at radius 3 is 2.61 bits per heavy atom. The van der Waals surface area contributed by atoms with E-state index in [9.17, 15) is 21.6 Å². The van der Waals surface area contributed by atoms with Crippen molar-refractivity contribution in [2.45, 2.75) is 17.6 Å². The molecule has 9 heteroatoms. The number of aromatic amines is 1. The third-order valence-corrected chi connectivity index (χ3v) is 4.58. The Labute approximate surface area is 129 Å². The van der Waals surface area contributed by atoms with Gasteiger partial charge in [-0.1, -0.05) is 0 Å². The zero-order chi connectivity index (χ0) is 16.8. The van der Waals surface area contributed by atoms with Gasteiger partial charge in [0.25, 0.3) is 0 Å². The van der Waals surface area contributed by atoms with Crippen LogP contribution in [0, 0.1) is 0 Å². The van der Waals surface area contributed by atoms with E-state index in [0.717, 1.165) is 6.26 Å². The maximum atomic E-state index is 13.3. The first kappa shape index (κ1) is 15.6. The topological polar surface area (TPSA) is 67.8 Å². The monoisotopic (exact) mass is 343 g/mol. The molecule has 122 valence electrons. The molecule has 0 aliphatic rings. The second kappa shape index (κ2) is 5.12. The number of nitrogens with zero attached hydrogens (tertiary/aromatic N) is 2. The third kappa shape index (κ3) is 2.96. The Balaban J connectivity index is 2.26. The first-order valence-electron chi connectivity index (χ1n) is 6.54. The average Bonchev–Trinajstić information content (AvgIpc) is 3.06. The summed E-state index contributed by atoms with van der Waals surface area (Å²) >= 11 is 0. The molecule has 5 nitrogen and oxygen atoms in total. The van der Waals surface area contributed by atoms with Crippen molar-refractivity contribution in [3.05, 3.63) is 48.2 Å². The molecule has 23 heavy (non-hydrogen) atoms. The van der Waals surface area contributed by atoms with Crippen LogP contribution in [0.25, 0.3) is 10.9 Å². The molecule has 3 aromatic rings. The Morgan fingerprint density at radius 2 is 2.04 bits per heavy atom. The summed E-state index contributed by atoms with van der Waals surface area (Å²) in [5.41, 5.74) is -0.139. The Hall–Kier alpha value is -2.29. The number of benzene rings is 1. The van der Waals surface area contributed by atoms with Crippen molar-refractivity contribution in [3.8, 4) is 0 Å². The summed E-state index contributed by atoms with van der Waals surface area (Å²) < 4.78 is 64.7. The first-order chi connectivity index (χ1) is 10.7. The normalized spacial score (nSPS) is 12.9. The van der Waals surface area contributed by atoms with Crippen LogP contribution in [0.4, 0.5) is 13.2 Å². The number of rotatable bonds is 3. The van der Waals surface area contributed by atoms with Crippen LogP contribution in [0.2, 0.25) is 0 Å². The summed E-state index contributed by atoms with van der Waals surface area (Å²) in [5, 5.41) is -0.0413. The fraction of sp³-hybridized carbons (Fsp3) is 0.214. The molecule has 2 heterocycles. The van der Waals surface area contributed by atoms with E-state index in [1.54, 1.807) is 6.20 Å². The van der Waals surface area contributed by atoms with E-state index in [4.69, 9.17) is 0 Å². The number of H-pyrrole nitrogens is 1. The number of nitrogens with one attached hydrogen (secondary N) is 1. The molecule has 0 aliphatic heterocycles. The van der Waals surface area contributed by atoms with Crippen LogP contribution in [-0.4, -0.2) is 29.2 Å². The van der Waals surface area contributed by atoms with Crippen molar-refractivity contribution < 1.29 is 21.6 Å². The molecule has 0 amide bonds. The maximum absolute atomic E-state index is 13.3. The molecule has 0 saturated heterocycles. The highest BCUT2D eigenvalue weighted by Gasteiger charge is 2.34. The van der Waals surface area contributed by atoms with Crippen LogP contribution >= 0.6 is 0 Å². The lowest BCUT2D eigenvalue weighted by atomic mass is 10.1. The summed E-state index contributed by atoms with van der Waals surface area (Å²) in [7, 11) is -3.77. The van der Waals surface area contributed by atoms with Crippen molar-refractivity contribution >= 4 is 20.7 Å². The molecule has 1 N–H and O–H groups in total. The molecular weight excluding hydrogens is 331 g/mol. The third-order valence-electron chi connectivity index (χ3n) is 3.48. The molecule has 0 bridgehead atoms. The SMILES string of the molecule is CS(=O)(=O)c1cc(C(F)(F)F)c2ccn(Cc3c[nH]cn3)c2c1. The van der Waals surface area contributed by atoms with Gasteiger partial charge in [-0.15, -0.1) is 0 Å². The van der Waals surface area contributed by atoms with Gasteiger partial charge in [-0.3, -0.25) is 0 Å². The van der Waals surface area contributed by atoms with Gasteiger partial charge in [0, 0.05) is 24.0 Å². The van der Waals surface area contributed by atoms with E-state index in [-0.39, 0.29) is 22.3 Å². The lowest BCUT2D eigenvalue weighted by molar-refractivity contribution is -0.136. The molecule has 0 saturated carbocycles. The summed E-state index contributed by atoms with van der Waals surface area (Å²) in [6.45, 7) is 0.234. The van der Waals surface area contributed by atoms with Gasteiger partial charge in [0.1, 0.15) is 0 Å². The molecule has 0 atom stereocenters. The predicted molar refractivity (Wildman–Crippen MR) is 77.7 cm³/mol. The lowest BCUT2D eigenvalue weighted by Gasteiger charge is -2.12. The minimum atomic E-state index is -4.64. The smallest absolute Gasteiger partial charge is 0.351 e. The van der Waals surface area contributed by atoms with Gasteiger partial charge in [-0.05, 0) is 18.2 Å². The zero-order valence-electron chi connectivity index (χ0n) is 11.9. The lowest BCUT2D eigenvalue weighted by Crippen LogP contribution is -2.09. The van der Waals surface area contributed by atoms with Gasteiger partial charge >= 0.3 is 6.18 Å². The standard InChI is InChI=1S/C14H12F3N3O2S/c1-23(21,22)10-4-12(14(15,16)17)11-2-3-20(13(11)5-10)7-9-6-18-8-19-9/h2-6,8H,7H2,1H3,(H,18,19). The molecular formula is C14H12F3N3O2S. The van der Waals surface area contributed by atoms with Gasteiger partial charge in [-0.2, -0.15) is 13.2 Å². The van der Waals surface area contributed by atoms with Crippen LogP contribution in [-0.2, 0) is 22.6 Å². The molecule has 0 aliphatic carbocycles. The summed E-state index contributed by atoms with van der Waals surface area (Å²) in [5.74, 6) is 0. The molecule has 2 aromatic heterocycles. The summed E-state index contributed by atoms with van der Waals surface area (Å²) in [4.78, 5) is 6.42. The van der Waals surface area contributed by atoms with Crippen molar-refractivity contribution in [1.82, 2.24) is 14.5 Å². The van der Waals surface area contributed by atoms with Crippen LogP contribution in [0.15, 0.2) is 41.8 Å². The highest BCUT2D eigenvalue weighted by molar-refractivity contribution is 7.90. The van der Waals surface area contributed by atoms with E-state index >= 15 is 0 Å². The largest absolute Gasteiger partial charge is 0.417 e. The van der Waals surface area contributed by atoms with Crippen molar-refractivity contribution in [2.24, 2.45) is 0 Å². The summed E-state index contributed by atoms with van der Waals surface area (Å²) in [6.07, 6.45) is 0.814. The number of alkyl halides is 3. The number of imidazole rings is 1. The Kier molecular flexibility index (Phi) is 3.47. The molecule has 1 aromatic carbocycles. The van der Waals surface area contributed by atoms with E-state index in [2.05, 4.69) is 9.97 Å². The minimum absolute atomic E-state index is 0.0413. The highest BCUT2D eigenvalue weighted by Crippen LogP contribution is 2.37. The molecule has 0 fully saturated rings. The number of hydrogen-bond donors (Lipinski definition) is 1. The van der Waals surface area contributed by atoms with E-state index < -0.39 is 21.6 Å². The van der Waals surface area contributed by atoms with Gasteiger partial charge < -0.3 is 9.55 Å². The quantitative estimate of drug-likeness (QED) is 0.795. The van der Waals surface area contributed by atoms with Crippen molar-refractivity contribution in [3.63, 3.8) is 0 Å². The predicted octanol–water partition coefficient (Wildman–Crippen LogP) is 2.84. The second-order valence-electron chi connectivity index (χ2n) is 5.18. The number of fused-ring (bicyclic) bond motifs is 1. The van der Waals surface area contributed by atoms with Crippen LogP contribution in [0.5, 0.6) is 0 Å². The molecule has 3 rings (SSSR count). The van der Waals surface area contributed by atoms with E-state index in [1.807, 2.05) is 0 Å². The highest BCUT2D eigenvalue weighted by atomic mass is 32.2. The Bertz CT molecular complexity index is 957. The zero-order valence-corrected chi connectivity index (χ0v) is 12.7. The first-order valence-corrected chi connectivity index (χ1v) is 8.43. The molecule has 0 unspecified atom stereocenters. The van der Waals surface area contributed by atoms with E-state index in [0.29, 0.717) is 11.8 Å². The van der Waals surface area contributed by atoms with Crippen LogP contribution in [0.3, 0.4) is 0 Å². The molecule has 0 radical (unpaired) electrons. The number of sulfone groups is 1. The molecule has 0 spiro atoms. The van der Waals surface area contributed by atoms with Crippen LogP contribution in [0.1, 0.15) is 11.3 Å². The van der Waals surface area contributed by atoms with Gasteiger partial charge in [0.2, 0.25) is 0 Å². The number of halogens is 3. The Morgan fingerprint density at radius 1 is 1.30 bits per heavy atom. The maximum Gasteiger partial charge on any atom is 0.417 e. The van der Waals surface area contributed by atoms with Crippen molar-refractivity contribution in [1.29, 1.82) is 0 Å². The minimum Gasteiger partial charge on any atom is -0.351 e. The summed E-state index contributed by atoms with van der Waals surface area (Å²) in [6, 6.07) is 3.26. The second-order valence-corrected chi connectivity index (χ2v) is 7.19. The van der Waals surface area contributed by atoms with Crippen LogP contribution < -0.4 is 0 Å². The fourth-order valence-corrected chi connectivity index (χ4v) is 3.07. The number of hydrogen-bond acceptors (Lipinski definition) is 3. The van der Waals surface area contributed by atoms with E-state index in [1.165, 1.54) is 29.2 Å². The van der Waals surface area contributed by atoms with Crippen molar-refractivity contribution in [2.75, 3.05) is 6.26 Å².